The predicted molar refractivity (Wildman–Crippen MR) is 107 cm³/mol. The number of halogens is 1. The molecule has 4 rings (SSSR count). The number of carbonyl (C=O) groups is 1. The number of nitrogens with one attached hydrogen (secondary N) is 1. The van der Waals surface area contributed by atoms with E-state index >= 15 is 0 Å². The molecule has 0 atom stereocenters. The van der Waals surface area contributed by atoms with Crippen molar-refractivity contribution in [2.75, 3.05) is 19.6 Å². The molecule has 0 amide bonds. The number of aromatic amines is 1. The van der Waals surface area contributed by atoms with Gasteiger partial charge in [-0.1, -0.05) is 11.6 Å². The second-order valence-electron chi connectivity index (χ2n) is 7.51. The fraction of sp³-hybridized carbons (Fsp3) is 0.348. The van der Waals surface area contributed by atoms with E-state index < -0.39 is 0 Å². The summed E-state index contributed by atoms with van der Waals surface area (Å²) in [5, 5.41) is 1.36. The summed E-state index contributed by atoms with van der Waals surface area (Å²) in [5.41, 5.74) is 5.96. The van der Waals surface area contributed by atoms with Gasteiger partial charge in [-0.3, -0.25) is 4.79 Å². The van der Waals surface area contributed by atoms with E-state index in [9.17, 15) is 9.18 Å². The molecule has 0 bridgehead atoms. The zero-order valence-corrected chi connectivity index (χ0v) is 15.7. The van der Waals surface area contributed by atoms with Gasteiger partial charge in [0.25, 0.3) is 0 Å². The molecule has 27 heavy (non-hydrogen) atoms. The summed E-state index contributed by atoms with van der Waals surface area (Å²) < 4.78 is 13.0. The van der Waals surface area contributed by atoms with Crippen LogP contribution in [-0.2, 0) is 12.8 Å². The number of carbonyl (C=O) groups excluding carboxylic acids is 1. The lowest BCUT2D eigenvalue weighted by atomic mass is 10.1. The van der Waals surface area contributed by atoms with Crippen LogP contribution in [0.4, 0.5) is 4.39 Å². The van der Waals surface area contributed by atoms with Crippen LogP contribution in [0.2, 0.25) is 0 Å². The minimum absolute atomic E-state index is 0.0940. The van der Waals surface area contributed by atoms with Gasteiger partial charge < -0.3 is 9.88 Å². The topological polar surface area (TPSA) is 36.1 Å². The SMILES string of the molecule is Cc1ccc2[nH]c3c(c2c1)CCN(CCCC(=O)c1ccc(F)cc1)CC3. The number of ketones is 1. The zero-order chi connectivity index (χ0) is 18.8. The van der Waals surface area contributed by atoms with Crippen molar-refractivity contribution in [3.05, 3.63) is 70.7 Å². The normalized spacial score (nSPS) is 14.9. The Bertz CT molecular complexity index is 958. The Morgan fingerprint density at radius 2 is 1.89 bits per heavy atom. The van der Waals surface area contributed by atoms with Gasteiger partial charge in [-0.15, -0.1) is 0 Å². The van der Waals surface area contributed by atoms with Gasteiger partial charge in [0.05, 0.1) is 0 Å². The second-order valence-corrected chi connectivity index (χ2v) is 7.51. The van der Waals surface area contributed by atoms with E-state index in [1.165, 1.54) is 39.9 Å². The van der Waals surface area contributed by atoms with Crippen LogP contribution in [0.3, 0.4) is 0 Å². The third-order valence-corrected chi connectivity index (χ3v) is 5.55. The molecule has 140 valence electrons. The number of rotatable bonds is 5. The zero-order valence-electron chi connectivity index (χ0n) is 15.7. The first kappa shape index (κ1) is 17.9. The molecular weight excluding hydrogens is 339 g/mol. The summed E-state index contributed by atoms with van der Waals surface area (Å²) in [6, 6.07) is 12.5. The van der Waals surface area contributed by atoms with Gasteiger partial charge in [-0.2, -0.15) is 0 Å². The lowest BCUT2D eigenvalue weighted by Crippen LogP contribution is -2.28. The number of aromatic nitrogens is 1. The maximum Gasteiger partial charge on any atom is 0.162 e. The Morgan fingerprint density at radius 3 is 2.70 bits per heavy atom. The van der Waals surface area contributed by atoms with Crippen molar-refractivity contribution in [1.29, 1.82) is 0 Å². The number of aryl methyl sites for hydroxylation is 1. The molecule has 3 nitrogen and oxygen atoms in total. The molecule has 1 aliphatic heterocycles. The first-order chi connectivity index (χ1) is 13.1. The van der Waals surface area contributed by atoms with Crippen LogP contribution in [0.25, 0.3) is 10.9 Å². The van der Waals surface area contributed by atoms with Gasteiger partial charge in [-0.25, -0.2) is 4.39 Å². The Balaban J connectivity index is 1.33. The van der Waals surface area contributed by atoms with Crippen LogP contribution in [0, 0.1) is 12.7 Å². The van der Waals surface area contributed by atoms with Gasteiger partial charge in [0.2, 0.25) is 0 Å². The van der Waals surface area contributed by atoms with Gasteiger partial charge in [0, 0.05) is 48.1 Å². The van der Waals surface area contributed by atoms with Crippen LogP contribution >= 0.6 is 0 Å². The number of Topliss-reactive ketones (excluding diaryl/α,β-unsaturated/α-hetero) is 1. The molecule has 2 heterocycles. The minimum atomic E-state index is -0.304. The van der Waals surface area contributed by atoms with Crippen LogP contribution < -0.4 is 0 Å². The van der Waals surface area contributed by atoms with E-state index in [-0.39, 0.29) is 11.6 Å². The maximum absolute atomic E-state index is 13.0. The van der Waals surface area contributed by atoms with E-state index in [0.717, 1.165) is 38.9 Å². The first-order valence-corrected chi connectivity index (χ1v) is 9.71. The molecule has 3 aromatic rings. The van der Waals surface area contributed by atoms with Gasteiger partial charge in [0.15, 0.2) is 5.78 Å². The molecule has 0 saturated carbocycles. The molecule has 0 spiro atoms. The third-order valence-electron chi connectivity index (χ3n) is 5.55. The summed E-state index contributed by atoms with van der Waals surface area (Å²) in [5.74, 6) is -0.210. The van der Waals surface area contributed by atoms with Gasteiger partial charge in [-0.05, 0) is 68.3 Å². The highest BCUT2D eigenvalue weighted by Gasteiger charge is 2.18. The summed E-state index contributed by atoms with van der Waals surface area (Å²) in [4.78, 5) is 18.3. The monoisotopic (exact) mass is 364 g/mol. The Hall–Kier alpha value is -2.46. The third kappa shape index (κ3) is 3.96. The maximum atomic E-state index is 13.0. The molecule has 0 unspecified atom stereocenters. The quantitative estimate of drug-likeness (QED) is 0.667. The molecule has 1 aliphatic rings. The molecule has 0 fully saturated rings. The number of benzene rings is 2. The fourth-order valence-corrected chi connectivity index (χ4v) is 4.03. The van der Waals surface area contributed by atoms with Crippen molar-refractivity contribution in [1.82, 2.24) is 9.88 Å². The summed E-state index contributed by atoms with van der Waals surface area (Å²) in [6.07, 6.45) is 3.42. The van der Waals surface area contributed by atoms with Crippen molar-refractivity contribution in [3.63, 3.8) is 0 Å². The molecule has 0 saturated heterocycles. The van der Waals surface area contributed by atoms with E-state index in [2.05, 4.69) is 35.0 Å². The largest absolute Gasteiger partial charge is 0.358 e. The van der Waals surface area contributed by atoms with Crippen molar-refractivity contribution in [2.24, 2.45) is 0 Å². The fourth-order valence-electron chi connectivity index (χ4n) is 4.03. The van der Waals surface area contributed by atoms with E-state index in [1.54, 1.807) is 12.1 Å². The van der Waals surface area contributed by atoms with E-state index in [1.807, 2.05) is 0 Å². The van der Waals surface area contributed by atoms with Crippen molar-refractivity contribution in [2.45, 2.75) is 32.6 Å². The average molecular weight is 364 g/mol. The lowest BCUT2D eigenvalue weighted by molar-refractivity contribution is 0.0975. The van der Waals surface area contributed by atoms with E-state index in [4.69, 9.17) is 0 Å². The molecule has 1 aromatic heterocycles. The van der Waals surface area contributed by atoms with Crippen molar-refractivity contribution >= 4 is 16.7 Å². The standard InChI is InChI=1S/C23H25FN2O/c1-16-4-9-21-20(15-16)19-10-13-26(14-11-22(19)25-21)12-2-3-23(27)17-5-7-18(24)8-6-17/h4-9,15,25H,2-3,10-14H2,1H3. The smallest absolute Gasteiger partial charge is 0.162 e. The molecule has 2 aromatic carbocycles. The van der Waals surface area contributed by atoms with Crippen LogP contribution in [0.15, 0.2) is 42.5 Å². The molecule has 1 N–H and O–H groups in total. The average Bonchev–Trinajstić information content (AvgIpc) is 2.87. The summed E-state index contributed by atoms with van der Waals surface area (Å²) >= 11 is 0. The van der Waals surface area contributed by atoms with Crippen LogP contribution in [0.5, 0.6) is 0 Å². The summed E-state index contributed by atoms with van der Waals surface area (Å²) in [6.45, 7) is 5.11. The van der Waals surface area contributed by atoms with Crippen molar-refractivity contribution in [3.8, 4) is 0 Å². The van der Waals surface area contributed by atoms with Gasteiger partial charge in [0.1, 0.15) is 5.82 Å². The Labute approximate surface area is 159 Å². The number of fused-ring (bicyclic) bond motifs is 3. The van der Waals surface area contributed by atoms with E-state index in [0.29, 0.717) is 12.0 Å². The highest BCUT2D eigenvalue weighted by molar-refractivity contribution is 5.95. The number of hydrogen-bond acceptors (Lipinski definition) is 2. The first-order valence-electron chi connectivity index (χ1n) is 9.71. The molecule has 0 radical (unpaired) electrons. The van der Waals surface area contributed by atoms with Crippen molar-refractivity contribution < 1.29 is 9.18 Å². The second kappa shape index (κ2) is 7.65. The lowest BCUT2D eigenvalue weighted by Gasteiger charge is -2.19. The summed E-state index contributed by atoms with van der Waals surface area (Å²) in [7, 11) is 0. The molecule has 4 heteroatoms. The number of hydrogen-bond donors (Lipinski definition) is 1. The predicted octanol–water partition coefficient (Wildman–Crippen LogP) is 4.68. The number of H-pyrrole nitrogens is 1. The molecule has 0 aliphatic carbocycles. The van der Waals surface area contributed by atoms with Crippen LogP contribution in [-0.4, -0.2) is 35.3 Å². The number of nitrogens with zero attached hydrogens (tertiary/aromatic N) is 1. The Kier molecular flexibility index (Phi) is 5.08. The molecular formula is C23H25FN2O. The highest BCUT2D eigenvalue weighted by Crippen LogP contribution is 2.26. The van der Waals surface area contributed by atoms with Crippen LogP contribution in [0.1, 0.15) is 40.0 Å². The van der Waals surface area contributed by atoms with Gasteiger partial charge >= 0.3 is 0 Å². The Morgan fingerprint density at radius 1 is 1.11 bits per heavy atom. The minimum Gasteiger partial charge on any atom is -0.358 e. The highest BCUT2D eigenvalue weighted by atomic mass is 19.1.